The SMILES string of the molecule is CCCNCc1cc(N(CC2CC2)C(C)C)ccn1. The average molecular weight is 261 g/mol. The Bertz CT molecular complexity index is 385. The Morgan fingerprint density at radius 1 is 1.42 bits per heavy atom. The molecule has 0 radical (unpaired) electrons. The lowest BCUT2D eigenvalue weighted by atomic mass is 10.2. The van der Waals surface area contributed by atoms with Crippen LogP contribution in [0.1, 0.15) is 45.7 Å². The Balaban J connectivity index is 2.01. The first-order valence-electron chi connectivity index (χ1n) is 7.63. The zero-order valence-electron chi connectivity index (χ0n) is 12.5. The van der Waals surface area contributed by atoms with Gasteiger partial charge in [0.2, 0.25) is 0 Å². The Morgan fingerprint density at radius 3 is 2.84 bits per heavy atom. The second-order valence-corrected chi connectivity index (χ2v) is 5.87. The molecule has 2 rings (SSSR count). The van der Waals surface area contributed by atoms with Crippen molar-refractivity contribution in [2.75, 3.05) is 18.0 Å². The summed E-state index contributed by atoms with van der Waals surface area (Å²) in [4.78, 5) is 6.98. The lowest BCUT2D eigenvalue weighted by Crippen LogP contribution is -2.32. The summed E-state index contributed by atoms with van der Waals surface area (Å²) in [5.41, 5.74) is 2.47. The van der Waals surface area contributed by atoms with Crippen LogP contribution in [-0.2, 0) is 6.54 Å². The van der Waals surface area contributed by atoms with Crippen LogP contribution >= 0.6 is 0 Å². The van der Waals surface area contributed by atoms with Crippen LogP contribution in [0.2, 0.25) is 0 Å². The summed E-state index contributed by atoms with van der Waals surface area (Å²) in [5, 5.41) is 3.42. The number of hydrogen-bond acceptors (Lipinski definition) is 3. The highest BCUT2D eigenvalue weighted by molar-refractivity contribution is 5.47. The molecule has 1 aliphatic rings. The van der Waals surface area contributed by atoms with E-state index >= 15 is 0 Å². The van der Waals surface area contributed by atoms with Crippen LogP contribution in [0.15, 0.2) is 18.3 Å². The molecule has 0 saturated heterocycles. The van der Waals surface area contributed by atoms with Gasteiger partial charge in [0.1, 0.15) is 0 Å². The number of nitrogens with one attached hydrogen (secondary N) is 1. The third-order valence-corrected chi connectivity index (χ3v) is 3.64. The molecule has 1 heterocycles. The summed E-state index contributed by atoms with van der Waals surface area (Å²) in [5.74, 6) is 0.914. The standard InChI is InChI=1S/C16H27N3/c1-4-8-17-11-15-10-16(7-9-18-15)19(13(2)3)12-14-5-6-14/h7,9-10,13-14,17H,4-6,8,11-12H2,1-3H3. The topological polar surface area (TPSA) is 28.2 Å². The van der Waals surface area contributed by atoms with Gasteiger partial charge in [-0.15, -0.1) is 0 Å². The first-order valence-corrected chi connectivity index (χ1v) is 7.63. The van der Waals surface area contributed by atoms with E-state index in [0.717, 1.165) is 24.7 Å². The van der Waals surface area contributed by atoms with Crippen molar-refractivity contribution in [1.29, 1.82) is 0 Å². The largest absolute Gasteiger partial charge is 0.369 e. The Kier molecular flexibility index (Phi) is 5.20. The molecule has 3 heteroatoms. The van der Waals surface area contributed by atoms with E-state index in [0.29, 0.717) is 6.04 Å². The van der Waals surface area contributed by atoms with Crippen molar-refractivity contribution < 1.29 is 0 Å². The van der Waals surface area contributed by atoms with Gasteiger partial charge in [-0.25, -0.2) is 0 Å². The highest BCUT2D eigenvalue weighted by atomic mass is 15.2. The molecule has 1 N–H and O–H groups in total. The molecule has 1 aromatic heterocycles. The average Bonchev–Trinajstić information content (AvgIpc) is 3.20. The van der Waals surface area contributed by atoms with E-state index in [-0.39, 0.29) is 0 Å². The van der Waals surface area contributed by atoms with Crippen molar-refractivity contribution in [1.82, 2.24) is 10.3 Å². The van der Waals surface area contributed by atoms with Gasteiger partial charge in [-0.2, -0.15) is 0 Å². The van der Waals surface area contributed by atoms with E-state index in [2.05, 4.69) is 48.1 Å². The van der Waals surface area contributed by atoms with Gasteiger partial charge in [0.25, 0.3) is 0 Å². The predicted octanol–water partition coefficient (Wildman–Crippen LogP) is 3.21. The first-order chi connectivity index (χ1) is 9.20. The summed E-state index contributed by atoms with van der Waals surface area (Å²) in [6.07, 6.45) is 5.92. The molecule has 0 amide bonds. The zero-order valence-corrected chi connectivity index (χ0v) is 12.5. The second-order valence-electron chi connectivity index (χ2n) is 5.87. The van der Waals surface area contributed by atoms with Crippen LogP contribution in [-0.4, -0.2) is 24.1 Å². The van der Waals surface area contributed by atoms with E-state index in [4.69, 9.17) is 0 Å². The molecule has 1 aromatic rings. The minimum absolute atomic E-state index is 0.555. The molecule has 0 bridgehead atoms. The van der Waals surface area contributed by atoms with E-state index in [1.54, 1.807) is 0 Å². The number of pyridine rings is 1. The summed E-state index contributed by atoms with van der Waals surface area (Å²) < 4.78 is 0. The number of hydrogen-bond donors (Lipinski definition) is 1. The fourth-order valence-electron chi connectivity index (χ4n) is 2.33. The summed E-state index contributed by atoms with van der Waals surface area (Å²) in [7, 11) is 0. The lowest BCUT2D eigenvalue weighted by molar-refractivity contribution is 0.639. The molecule has 1 fully saturated rings. The molecule has 0 unspecified atom stereocenters. The van der Waals surface area contributed by atoms with Gasteiger partial charge in [0, 0.05) is 31.0 Å². The third-order valence-electron chi connectivity index (χ3n) is 3.64. The Hall–Kier alpha value is -1.09. The zero-order chi connectivity index (χ0) is 13.7. The van der Waals surface area contributed by atoms with Crippen LogP contribution in [0, 0.1) is 5.92 Å². The lowest BCUT2D eigenvalue weighted by Gasteiger charge is -2.29. The highest BCUT2D eigenvalue weighted by Crippen LogP contribution is 2.32. The van der Waals surface area contributed by atoms with E-state index in [9.17, 15) is 0 Å². The van der Waals surface area contributed by atoms with Crippen LogP contribution in [0.4, 0.5) is 5.69 Å². The quantitative estimate of drug-likeness (QED) is 0.728. The molecule has 0 aliphatic heterocycles. The van der Waals surface area contributed by atoms with Crippen molar-refractivity contribution >= 4 is 5.69 Å². The molecule has 0 spiro atoms. The molecular weight excluding hydrogens is 234 g/mol. The molecule has 19 heavy (non-hydrogen) atoms. The fraction of sp³-hybridized carbons (Fsp3) is 0.688. The van der Waals surface area contributed by atoms with Crippen LogP contribution < -0.4 is 10.2 Å². The van der Waals surface area contributed by atoms with Crippen molar-refractivity contribution in [2.45, 2.75) is 52.6 Å². The second kappa shape index (κ2) is 6.90. The number of nitrogens with zero attached hydrogens (tertiary/aromatic N) is 2. The minimum Gasteiger partial charge on any atom is -0.369 e. The predicted molar refractivity (Wildman–Crippen MR) is 81.4 cm³/mol. The van der Waals surface area contributed by atoms with E-state index in [1.807, 2.05) is 6.20 Å². The van der Waals surface area contributed by atoms with Gasteiger partial charge < -0.3 is 10.2 Å². The molecule has 0 aromatic carbocycles. The normalized spacial score (nSPS) is 14.9. The summed E-state index contributed by atoms with van der Waals surface area (Å²) in [6, 6.07) is 4.94. The van der Waals surface area contributed by atoms with Gasteiger partial charge in [0.05, 0.1) is 5.69 Å². The highest BCUT2D eigenvalue weighted by Gasteiger charge is 2.25. The van der Waals surface area contributed by atoms with Crippen LogP contribution in [0.5, 0.6) is 0 Å². The van der Waals surface area contributed by atoms with Gasteiger partial charge in [-0.1, -0.05) is 6.92 Å². The van der Waals surface area contributed by atoms with Gasteiger partial charge in [-0.3, -0.25) is 4.98 Å². The summed E-state index contributed by atoms with van der Waals surface area (Å²) in [6.45, 7) is 9.87. The minimum atomic E-state index is 0.555. The molecule has 3 nitrogen and oxygen atoms in total. The molecule has 1 saturated carbocycles. The first kappa shape index (κ1) is 14.3. The van der Waals surface area contributed by atoms with Gasteiger partial charge >= 0.3 is 0 Å². The Morgan fingerprint density at radius 2 is 2.21 bits per heavy atom. The maximum absolute atomic E-state index is 4.46. The number of aromatic nitrogens is 1. The molecule has 106 valence electrons. The monoisotopic (exact) mass is 261 g/mol. The molecular formula is C16H27N3. The van der Waals surface area contributed by atoms with Crippen molar-refractivity contribution in [2.24, 2.45) is 5.92 Å². The Labute approximate surface area is 117 Å². The maximum Gasteiger partial charge on any atom is 0.0562 e. The maximum atomic E-state index is 4.46. The van der Waals surface area contributed by atoms with Crippen molar-refractivity contribution in [3.63, 3.8) is 0 Å². The molecule has 0 atom stereocenters. The van der Waals surface area contributed by atoms with Gasteiger partial charge in [-0.05, 0) is 57.7 Å². The summed E-state index contributed by atoms with van der Waals surface area (Å²) >= 11 is 0. The van der Waals surface area contributed by atoms with E-state index < -0.39 is 0 Å². The van der Waals surface area contributed by atoms with Crippen molar-refractivity contribution in [3.8, 4) is 0 Å². The molecule has 1 aliphatic carbocycles. The third kappa shape index (κ3) is 4.50. The van der Waals surface area contributed by atoms with Crippen LogP contribution in [0.25, 0.3) is 0 Å². The van der Waals surface area contributed by atoms with E-state index in [1.165, 1.54) is 31.5 Å². The smallest absolute Gasteiger partial charge is 0.0562 e. The number of rotatable bonds is 8. The number of anilines is 1. The van der Waals surface area contributed by atoms with Crippen molar-refractivity contribution in [3.05, 3.63) is 24.0 Å². The van der Waals surface area contributed by atoms with Crippen LogP contribution in [0.3, 0.4) is 0 Å². The van der Waals surface area contributed by atoms with Gasteiger partial charge in [0.15, 0.2) is 0 Å². The fourth-order valence-corrected chi connectivity index (χ4v) is 2.33.